The van der Waals surface area contributed by atoms with Gasteiger partial charge in [0.15, 0.2) is 0 Å². The Balaban J connectivity index is 2.95. The fraction of sp³-hybridized carbons (Fsp3) is 0. The number of rotatable bonds is 2. The van der Waals surface area contributed by atoms with Crippen molar-refractivity contribution in [3.8, 4) is 0 Å². The van der Waals surface area contributed by atoms with Crippen LogP contribution in [0, 0.1) is 0 Å². The molecule has 0 fully saturated rings. The van der Waals surface area contributed by atoms with E-state index in [1.807, 2.05) is 6.07 Å². The predicted octanol–water partition coefficient (Wildman–Crippen LogP) is 0.984. The molecule has 0 N–H and O–H groups in total. The van der Waals surface area contributed by atoms with E-state index in [9.17, 15) is 9.00 Å². The molecule has 1 aromatic rings. The van der Waals surface area contributed by atoms with Gasteiger partial charge in [-0.05, 0) is 12.1 Å². The second-order valence-corrected chi connectivity index (χ2v) is 2.97. The minimum atomic E-state index is -1.47. The summed E-state index contributed by atoms with van der Waals surface area (Å²) in [6.07, 6.45) is 0. The standard InChI is InChI=1S/C7H6O2S/c8-6-10(9)7-4-2-1-3-5-7/h1-6H. The summed E-state index contributed by atoms with van der Waals surface area (Å²) in [6, 6.07) is 8.62. The highest BCUT2D eigenvalue weighted by Crippen LogP contribution is 2.01. The van der Waals surface area contributed by atoms with E-state index in [0.717, 1.165) is 0 Å². The lowest BCUT2D eigenvalue weighted by molar-refractivity contribution is 0.567. The third-order valence-corrected chi connectivity index (χ3v) is 1.97. The van der Waals surface area contributed by atoms with Gasteiger partial charge in [0.2, 0.25) is 5.62 Å². The molecular formula is C7H6O2S. The van der Waals surface area contributed by atoms with Crippen LogP contribution in [0.1, 0.15) is 0 Å². The van der Waals surface area contributed by atoms with Crippen molar-refractivity contribution in [2.75, 3.05) is 0 Å². The maximum absolute atomic E-state index is 10.8. The molecule has 1 atom stereocenters. The van der Waals surface area contributed by atoms with Crippen molar-refractivity contribution in [2.45, 2.75) is 4.90 Å². The lowest BCUT2D eigenvalue weighted by Crippen LogP contribution is -1.89. The summed E-state index contributed by atoms with van der Waals surface area (Å²) in [7, 11) is -1.47. The van der Waals surface area contributed by atoms with Crippen molar-refractivity contribution < 1.29 is 9.00 Å². The van der Waals surface area contributed by atoms with Crippen LogP contribution in [0.2, 0.25) is 0 Å². The zero-order chi connectivity index (χ0) is 7.40. The average Bonchev–Trinajstić information content (AvgIpc) is 2.05. The molecule has 0 aromatic heterocycles. The van der Waals surface area contributed by atoms with Gasteiger partial charge in [-0.25, -0.2) is 4.21 Å². The van der Waals surface area contributed by atoms with Gasteiger partial charge in [-0.1, -0.05) is 18.2 Å². The second-order valence-electron chi connectivity index (χ2n) is 1.71. The molecule has 0 amide bonds. The first-order chi connectivity index (χ1) is 4.84. The fourth-order valence-electron chi connectivity index (χ4n) is 0.610. The maximum Gasteiger partial charge on any atom is 0.211 e. The van der Waals surface area contributed by atoms with Gasteiger partial charge < -0.3 is 0 Å². The minimum Gasteiger partial charge on any atom is -0.288 e. The van der Waals surface area contributed by atoms with Crippen molar-refractivity contribution in [2.24, 2.45) is 0 Å². The summed E-state index contributed by atoms with van der Waals surface area (Å²) in [6.45, 7) is 0. The lowest BCUT2D eigenvalue weighted by Gasteiger charge is -1.89. The Morgan fingerprint density at radius 2 is 1.80 bits per heavy atom. The molecule has 0 aliphatic heterocycles. The highest BCUT2D eigenvalue weighted by atomic mass is 32.2. The zero-order valence-electron chi connectivity index (χ0n) is 5.19. The van der Waals surface area contributed by atoms with Gasteiger partial charge in [-0.15, -0.1) is 0 Å². The second kappa shape index (κ2) is 3.27. The zero-order valence-corrected chi connectivity index (χ0v) is 6.01. The van der Waals surface area contributed by atoms with Gasteiger partial charge in [0, 0.05) is 4.90 Å². The average molecular weight is 154 g/mol. The molecule has 10 heavy (non-hydrogen) atoms. The van der Waals surface area contributed by atoms with E-state index in [0.29, 0.717) is 10.5 Å². The normalized spacial score (nSPS) is 12.4. The molecule has 0 heterocycles. The topological polar surface area (TPSA) is 34.1 Å². The Labute approximate surface area is 61.3 Å². The van der Waals surface area contributed by atoms with E-state index in [4.69, 9.17) is 0 Å². The van der Waals surface area contributed by atoms with Gasteiger partial charge in [0.05, 0.1) is 0 Å². The number of benzene rings is 1. The molecule has 0 aliphatic carbocycles. The van der Waals surface area contributed by atoms with Crippen molar-refractivity contribution in [3.63, 3.8) is 0 Å². The third kappa shape index (κ3) is 1.51. The first-order valence-corrected chi connectivity index (χ1v) is 3.97. The van der Waals surface area contributed by atoms with Crippen LogP contribution in [0.15, 0.2) is 35.2 Å². The van der Waals surface area contributed by atoms with E-state index in [1.54, 1.807) is 24.3 Å². The van der Waals surface area contributed by atoms with Crippen molar-refractivity contribution in [1.82, 2.24) is 0 Å². The van der Waals surface area contributed by atoms with E-state index < -0.39 is 10.8 Å². The first-order valence-electron chi connectivity index (χ1n) is 2.75. The highest BCUT2D eigenvalue weighted by molar-refractivity contribution is 7.98. The van der Waals surface area contributed by atoms with Crippen LogP contribution >= 0.6 is 0 Å². The van der Waals surface area contributed by atoms with Gasteiger partial charge in [-0.2, -0.15) is 0 Å². The van der Waals surface area contributed by atoms with E-state index in [2.05, 4.69) is 0 Å². The third-order valence-electron chi connectivity index (χ3n) is 1.06. The molecule has 0 aliphatic rings. The Morgan fingerprint density at radius 3 is 2.30 bits per heavy atom. The van der Waals surface area contributed by atoms with Crippen LogP contribution in [-0.2, 0) is 15.6 Å². The van der Waals surface area contributed by atoms with Gasteiger partial charge in [0.1, 0.15) is 10.8 Å². The summed E-state index contributed by atoms with van der Waals surface area (Å²) in [5.41, 5.74) is 0.426. The highest BCUT2D eigenvalue weighted by Gasteiger charge is 1.97. The summed E-state index contributed by atoms with van der Waals surface area (Å²) in [5.74, 6) is 0. The molecule has 0 saturated carbocycles. The monoisotopic (exact) mass is 154 g/mol. The molecule has 1 rings (SSSR count). The van der Waals surface area contributed by atoms with E-state index in [-0.39, 0.29) is 0 Å². The van der Waals surface area contributed by atoms with Gasteiger partial charge in [0.25, 0.3) is 0 Å². The largest absolute Gasteiger partial charge is 0.288 e. The summed E-state index contributed by atoms with van der Waals surface area (Å²) >= 11 is 0. The number of carbonyl (C=O) groups is 1. The molecule has 2 nitrogen and oxygen atoms in total. The Hall–Kier alpha value is -0.960. The molecule has 0 saturated heterocycles. The van der Waals surface area contributed by atoms with E-state index in [1.165, 1.54) is 0 Å². The Morgan fingerprint density at radius 1 is 1.20 bits per heavy atom. The van der Waals surface area contributed by atoms with Crippen molar-refractivity contribution in [3.05, 3.63) is 30.3 Å². The molecule has 3 heteroatoms. The van der Waals surface area contributed by atoms with Crippen LogP contribution in [0.25, 0.3) is 0 Å². The quantitative estimate of drug-likeness (QED) is 0.595. The number of carbonyl (C=O) groups excluding carboxylic acids is 1. The SMILES string of the molecule is O=CS(=O)c1ccccc1. The Kier molecular flexibility index (Phi) is 2.34. The minimum absolute atomic E-state index is 0.426. The smallest absolute Gasteiger partial charge is 0.211 e. The predicted molar refractivity (Wildman–Crippen MR) is 39.6 cm³/mol. The summed E-state index contributed by atoms with van der Waals surface area (Å²) in [5, 5.41) is 0. The molecule has 1 aromatic carbocycles. The molecular weight excluding hydrogens is 148 g/mol. The van der Waals surface area contributed by atoms with Gasteiger partial charge in [-0.3, -0.25) is 4.79 Å². The lowest BCUT2D eigenvalue weighted by atomic mass is 10.4. The van der Waals surface area contributed by atoms with Crippen molar-refractivity contribution in [1.29, 1.82) is 0 Å². The van der Waals surface area contributed by atoms with Crippen LogP contribution in [0.3, 0.4) is 0 Å². The molecule has 0 spiro atoms. The number of hydrogen-bond acceptors (Lipinski definition) is 2. The van der Waals surface area contributed by atoms with Crippen LogP contribution < -0.4 is 0 Å². The molecule has 1 unspecified atom stereocenters. The van der Waals surface area contributed by atoms with Crippen molar-refractivity contribution >= 4 is 16.4 Å². The summed E-state index contributed by atoms with van der Waals surface area (Å²) < 4.78 is 10.8. The number of hydrogen-bond donors (Lipinski definition) is 0. The molecule has 52 valence electrons. The molecule has 0 radical (unpaired) electrons. The van der Waals surface area contributed by atoms with Crippen LogP contribution in [0.4, 0.5) is 0 Å². The molecule has 0 bridgehead atoms. The maximum atomic E-state index is 10.8. The fourth-order valence-corrected chi connectivity index (χ4v) is 1.15. The first kappa shape index (κ1) is 7.15. The van der Waals surface area contributed by atoms with Gasteiger partial charge >= 0.3 is 0 Å². The van der Waals surface area contributed by atoms with Crippen LogP contribution in [-0.4, -0.2) is 9.83 Å². The summed E-state index contributed by atoms with van der Waals surface area (Å²) in [4.78, 5) is 10.6. The van der Waals surface area contributed by atoms with E-state index >= 15 is 0 Å². The Bertz CT molecular complexity index is 243. The van der Waals surface area contributed by atoms with Crippen LogP contribution in [0.5, 0.6) is 0 Å².